The molecule has 29 heavy (non-hydrogen) atoms. The summed E-state index contributed by atoms with van der Waals surface area (Å²) in [6.07, 6.45) is 0. The SMILES string of the molecule is CC(C)(C)c1cc(C(=O)Cn2nc3ccc(Cl)n[n+]3c2N)cc(C(C)(C)C)c1O. The highest BCUT2D eigenvalue weighted by Gasteiger charge is 2.29. The summed E-state index contributed by atoms with van der Waals surface area (Å²) in [6.45, 7) is 12.0. The number of nitrogens with two attached hydrogens (primary N) is 1. The molecule has 0 radical (unpaired) electrons. The smallest absolute Gasteiger partial charge is 0.366 e. The van der Waals surface area contributed by atoms with Gasteiger partial charge in [-0.3, -0.25) is 4.79 Å². The number of phenols is 1. The van der Waals surface area contributed by atoms with E-state index < -0.39 is 0 Å². The number of phenolic OH excluding ortho intramolecular Hbond substituents is 1. The summed E-state index contributed by atoms with van der Waals surface area (Å²) in [5.41, 5.74) is 7.93. The first-order valence-electron chi connectivity index (χ1n) is 9.41. The lowest BCUT2D eigenvalue weighted by molar-refractivity contribution is -0.566. The molecule has 0 atom stereocenters. The van der Waals surface area contributed by atoms with Gasteiger partial charge in [-0.1, -0.05) is 57.7 Å². The predicted molar refractivity (Wildman–Crippen MR) is 112 cm³/mol. The molecule has 0 saturated carbocycles. The molecule has 0 spiro atoms. The Morgan fingerprint density at radius 1 is 1.14 bits per heavy atom. The number of carbonyl (C=O) groups excluding carboxylic acids is 1. The van der Waals surface area contributed by atoms with Gasteiger partial charge in [0.25, 0.3) is 5.65 Å². The molecule has 2 heterocycles. The molecule has 0 aliphatic carbocycles. The van der Waals surface area contributed by atoms with Crippen LogP contribution in [0.5, 0.6) is 5.75 Å². The van der Waals surface area contributed by atoms with Gasteiger partial charge in [0, 0.05) is 27.9 Å². The van der Waals surface area contributed by atoms with Crippen molar-refractivity contribution >= 4 is 29.0 Å². The van der Waals surface area contributed by atoms with Gasteiger partial charge in [-0.25, -0.2) is 0 Å². The summed E-state index contributed by atoms with van der Waals surface area (Å²) < 4.78 is 2.80. The topological polar surface area (TPSA) is 98.1 Å². The Morgan fingerprint density at radius 2 is 1.69 bits per heavy atom. The number of halogens is 1. The number of nitrogen functional groups attached to an aromatic ring is 1. The van der Waals surface area contributed by atoms with E-state index in [-0.39, 0.29) is 40.0 Å². The second kappa shape index (κ2) is 6.99. The lowest BCUT2D eigenvalue weighted by atomic mass is 9.78. The van der Waals surface area contributed by atoms with Crippen molar-refractivity contribution in [3.05, 3.63) is 46.1 Å². The van der Waals surface area contributed by atoms with Gasteiger partial charge in [-0.15, -0.1) is 9.78 Å². The van der Waals surface area contributed by atoms with E-state index in [2.05, 4.69) is 10.2 Å². The van der Waals surface area contributed by atoms with Gasteiger partial charge in [0.1, 0.15) is 5.75 Å². The van der Waals surface area contributed by atoms with Crippen LogP contribution in [0.1, 0.15) is 63.0 Å². The highest BCUT2D eigenvalue weighted by molar-refractivity contribution is 6.29. The predicted octanol–water partition coefficient (Wildman–Crippen LogP) is 3.44. The fraction of sp³-hybridized carbons (Fsp3) is 0.429. The summed E-state index contributed by atoms with van der Waals surface area (Å²) in [4.78, 5) is 13.1. The maximum absolute atomic E-state index is 13.1. The second-order valence-electron chi connectivity index (χ2n) is 9.29. The van der Waals surface area contributed by atoms with Crippen LogP contribution in [0, 0.1) is 0 Å². The lowest BCUT2D eigenvalue weighted by Crippen LogP contribution is -2.30. The summed E-state index contributed by atoms with van der Waals surface area (Å²) in [5, 5.41) is 19.6. The number of Topliss-reactive ketones (excluding diaryl/α,β-unsaturated/α-hetero) is 1. The first-order valence-corrected chi connectivity index (χ1v) is 9.79. The van der Waals surface area contributed by atoms with Gasteiger partial charge in [0.15, 0.2) is 17.5 Å². The standard InChI is InChI=1S/C21H26ClN5O2/c1-20(2,3)13-9-12(10-14(18(13)29)21(4,5)6)15(28)11-26-19(23)27-17(25-26)8-7-16(22)24-27/h7-10,23H,11H2,1-6H3,(H,28,29)/p+1. The number of hydrogen-bond acceptors (Lipinski definition) is 5. The molecule has 8 heteroatoms. The van der Waals surface area contributed by atoms with Gasteiger partial charge in [-0.05, 0) is 29.0 Å². The Balaban J connectivity index is 2.07. The van der Waals surface area contributed by atoms with Crippen LogP contribution in [0.25, 0.3) is 5.65 Å². The Labute approximate surface area is 175 Å². The number of fused-ring (bicyclic) bond motifs is 1. The first kappa shape index (κ1) is 21.0. The molecule has 0 aliphatic rings. The fourth-order valence-corrected chi connectivity index (χ4v) is 3.34. The molecule has 1 aromatic carbocycles. The van der Waals surface area contributed by atoms with E-state index in [4.69, 9.17) is 17.3 Å². The van der Waals surface area contributed by atoms with Crippen LogP contribution in [-0.2, 0) is 17.4 Å². The van der Waals surface area contributed by atoms with Crippen LogP contribution in [0.4, 0.5) is 5.95 Å². The van der Waals surface area contributed by atoms with Crippen molar-refractivity contribution in [2.24, 2.45) is 0 Å². The summed E-state index contributed by atoms with van der Waals surface area (Å²) in [5.74, 6) is 0.286. The highest BCUT2D eigenvalue weighted by Crippen LogP contribution is 2.39. The molecule has 0 aliphatic heterocycles. The molecule has 0 amide bonds. The normalized spacial score (nSPS) is 12.5. The Kier molecular flexibility index (Phi) is 5.07. The van der Waals surface area contributed by atoms with Crippen LogP contribution in [0.15, 0.2) is 24.3 Å². The van der Waals surface area contributed by atoms with Crippen LogP contribution in [0.2, 0.25) is 5.15 Å². The molecule has 0 bridgehead atoms. The highest BCUT2D eigenvalue weighted by atomic mass is 35.5. The molecule has 154 valence electrons. The maximum atomic E-state index is 13.1. The molecule has 0 unspecified atom stereocenters. The summed E-state index contributed by atoms with van der Waals surface area (Å²) in [7, 11) is 0. The largest absolute Gasteiger partial charge is 0.507 e. The molecule has 2 aromatic heterocycles. The van der Waals surface area contributed by atoms with Crippen molar-refractivity contribution in [2.75, 3.05) is 5.73 Å². The van der Waals surface area contributed by atoms with E-state index in [1.54, 1.807) is 24.3 Å². The Hall–Kier alpha value is -2.67. The lowest BCUT2D eigenvalue weighted by Gasteiger charge is -2.28. The molecule has 3 aromatic rings. The first-order chi connectivity index (χ1) is 13.3. The number of anilines is 1. The van der Waals surface area contributed by atoms with Crippen LogP contribution < -0.4 is 10.2 Å². The average molecular weight is 417 g/mol. The minimum Gasteiger partial charge on any atom is -0.507 e. The zero-order chi connectivity index (χ0) is 21.7. The summed E-state index contributed by atoms with van der Waals surface area (Å²) >= 11 is 5.92. The molecular formula is C21H27ClN5O2+. The van der Waals surface area contributed by atoms with Gasteiger partial charge in [0.2, 0.25) is 0 Å². The number of benzene rings is 1. The second-order valence-corrected chi connectivity index (χ2v) is 9.67. The number of rotatable bonds is 3. The fourth-order valence-electron chi connectivity index (χ4n) is 3.21. The number of carbonyl (C=O) groups is 1. The van der Waals surface area contributed by atoms with E-state index in [0.717, 1.165) is 11.1 Å². The molecule has 0 saturated heterocycles. The van der Waals surface area contributed by atoms with Crippen molar-refractivity contribution in [3.8, 4) is 5.75 Å². The molecule has 0 fully saturated rings. The third-order valence-electron chi connectivity index (χ3n) is 4.83. The van der Waals surface area contributed by atoms with Gasteiger partial charge in [0.05, 0.1) is 0 Å². The number of hydrogen-bond donors (Lipinski definition) is 2. The van der Waals surface area contributed by atoms with Crippen molar-refractivity contribution in [2.45, 2.75) is 58.9 Å². The average Bonchev–Trinajstić information content (AvgIpc) is 2.88. The zero-order valence-electron chi connectivity index (χ0n) is 17.6. The monoisotopic (exact) mass is 416 g/mol. The Bertz CT molecular complexity index is 1070. The Morgan fingerprint density at radius 3 is 2.21 bits per heavy atom. The van der Waals surface area contributed by atoms with Crippen LogP contribution in [0.3, 0.4) is 0 Å². The summed E-state index contributed by atoms with van der Waals surface area (Å²) in [6, 6.07) is 6.81. The van der Waals surface area contributed by atoms with E-state index >= 15 is 0 Å². The van der Waals surface area contributed by atoms with E-state index in [0.29, 0.717) is 11.2 Å². The number of nitrogens with zero attached hydrogens (tertiary/aromatic N) is 4. The molecule has 3 rings (SSSR count). The van der Waals surface area contributed by atoms with Crippen LogP contribution >= 0.6 is 11.6 Å². The van der Waals surface area contributed by atoms with Crippen molar-refractivity contribution < 1.29 is 14.4 Å². The zero-order valence-corrected chi connectivity index (χ0v) is 18.4. The van der Waals surface area contributed by atoms with Gasteiger partial charge >= 0.3 is 5.95 Å². The van der Waals surface area contributed by atoms with E-state index in [9.17, 15) is 9.90 Å². The third-order valence-corrected chi connectivity index (χ3v) is 5.03. The van der Waals surface area contributed by atoms with Gasteiger partial charge < -0.3 is 10.8 Å². The van der Waals surface area contributed by atoms with Crippen molar-refractivity contribution in [3.63, 3.8) is 0 Å². The number of aromatic hydroxyl groups is 1. The molecule has 7 nitrogen and oxygen atoms in total. The minimum atomic E-state index is -0.323. The van der Waals surface area contributed by atoms with Crippen molar-refractivity contribution in [1.82, 2.24) is 14.9 Å². The molecular weight excluding hydrogens is 390 g/mol. The van der Waals surface area contributed by atoms with Crippen LogP contribution in [-0.4, -0.2) is 25.8 Å². The molecule has 3 N–H and O–H groups in total. The minimum absolute atomic E-state index is 0.0508. The number of ketones is 1. The third kappa shape index (κ3) is 4.05. The van der Waals surface area contributed by atoms with Crippen molar-refractivity contribution in [1.29, 1.82) is 0 Å². The van der Waals surface area contributed by atoms with E-state index in [1.165, 1.54) is 9.20 Å². The number of aromatic nitrogens is 4. The van der Waals surface area contributed by atoms with Gasteiger partial charge in [-0.2, -0.15) is 0 Å². The van der Waals surface area contributed by atoms with E-state index in [1.807, 2.05) is 41.5 Å². The quantitative estimate of drug-likeness (QED) is 0.503. The maximum Gasteiger partial charge on any atom is 0.366 e.